The fourth-order valence-electron chi connectivity index (χ4n) is 5.74. The van der Waals surface area contributed by atoms with Crippen LogP contribution in [0.1, 0.15) is 53.0 Å². The van der Waals surface area contributed by atoms with Gasteiger partial charge >= 0.3 is 0 Å². The SMILES string of the molecule is Cc1cc2c3c(c1)c1c(n3C(=O)CC(c3ccccc3)(C(C)C)C2)CCN(C)C1. The molecule has 0 spiro atoms. The monoisotopic (exact) mass is 386 g/mol. The van der Waals surface area contributed by atoms with E-state index in [9.17, 15) is 4.79 Å². The van der Waals surface area contributed by atoms with Crippen molar-refractivity contribution in [1.82, 2.24) is 9.47 Å². The van der Waals surface area contributed by atoms with Crippen molar-refractivity contribution in [2.75, 3.05) is 13.6 Å². The lowest BCUT2D eigenvalue weighted by molar-refractivity contribution is 0.0850. The molecule has 2 aliphatic rings. The van der Waals surface area contributed by atoms with E-state index in [1.807, 2.05) is 0 Å². The first-order chi connectivity index (χ1) is 13.9. The molecule has 0 bridgehead atoms. The van der Waals surface area contributed by atoms with Crippen molar-refractivity contribution in [3.63, 3.8) is 0 Å². The molecule has 29 heavy (non-hydrogen) atoms. The van der Waals surface area contributed by atoms with Crippen molar-refractivity contribution < 1.29 is 4.79 Å². The zero-order chi connectivity index (χ0) is 20.3. The Labute approximate surface area is 173 Å². The number of hydrogen-bond acceptors (Lipinski definition) is 2. The highest BCUT2D eigenvalue weighted by atomic mass is 16.2. The summed E-state index contributed by atoms with van der Waals surface area (Å²) in [6.45, 7) is 8.69. The zero-order valence-electron chi connectivity index (χ0n) is 18.0. The molecule has 2 aromatic carbocycles. The maximum absolute atomic E-state index is 13.8. The lowest BCUT2D eigenvalue weighted by Gasteiger charge is -2.37. The fraction of sp³-hybridized carbons (Fsp3) is 0.423. The quantitative estimate of drug-likeness (QED) is 0.611. The molecule has 3 nitrogen and oxygen atoms in total. The average molecular weight is 387 g/mol. The molecule has 0 N–H and O–H groups in total. The number of rotatable bonds is 2. The second-order valence-corrected chi connectivity index (χ2v) is 9.49. The number of aromatic nitrogens is 1. The molecule has 3 heteroatoms. The van der Waals surface area contributed by atoms with E-state index in [1.54, 1.807) is 0 Å². The van der Waals surface area contributed by atoms with Gasteiger partial charge in [-0.05, 0) is 49.1 Å². The first-order valence-electron chi connectivity index (χ1n) is 10.8. The van der Waals surface area contributed by atoms with Crippen LogP contribution in [0.3, 0.4) is 0 Å². The first-order valence-corrected chi connectivity index (χ1v) is 10.8. The summed E-state index contributed by atoms with van der Waals surface area (Å²) < 4.78 is 2.11. The standard InChI is InChI=1S/C26H30N2O/c1-17(2)26(20-8-6-5-7-9-20)14-19-12-18(3)13-21-22-16-27(4)11-10-23(22)28(25(19)21)24(29)15-26/h5-9,12-13,17H,10-11,14-16H2,1-4H3. The third-order valence-electron chi connectivity index (χ3n) is 7.33. The van der Waals surface area contributed by atoms with Crippen molar-refractivity contribution in [3.8, 4) is 0 Å². The van der Waals surface area contributed by atoms with Gasteiger partial charge in [-0.2, -0.15) is 0 Å². The Morgan fingerprint density at radius 1 is 1.07 bits per heavy atom. The molecule has 0 fully saturated rings. The molecule has 0 saturated heterocycles. The Balaban J connectivity index is 1.80. The third kappa shape index (κ3) is 2.71. The number of nitrogens with zero attached hydrogens (tertiary/aromatic N) is 2. The minimum Gasteiger partial charge on any atom is -0.302 e. The van der Waals surface area contributed by atoms with Crippen LogP contribution < -0.4 is 0 Å². The van der Waals surface area contributed by atoms with Crippen LogP contribution in [0.4, 0.5) is 0 Å². The Hall–Kier alpha value is -2.39. The van der Waals surface area contributed by atoms with Gasteiger partial charge in [0.05, 0.1) is 5.52 Å². The summed E-state index contributed by atoms with van der Waals surface area (Å²) in [6, 6.07) is 15.3. The van der Waals surface area contributed by atoms with Crippen LogP contribution in [-0.2, 0) is 24.8 Å². The number of carbonyl (C=O) groups excluding carboxylic acids is 1. The van der Waals surface area contributed by atoms with E-state index in [-0.39, 0.29) is 11.3 Å². The predicted octanol–water partition coefficient (Wildman–Crippen LogP) is 5.12. The van der Waals surface area contributed by atoms with Crippen LogP contribution in [0.2, 0.25) is 0 Å². The van der Waals surface area contributed by atoms with E-state index in [0.717, 1.165) is 25.9 Å². The topological polar surface area (TPSA) is 25.2 Å². The average Bonchev–Trinajstić information content (AvgIpc) is 2.94. The van der Waals surface area contributed by atoms with Crippen molar-refractivity contribution in [1.29, 1.82) is 0 Å². The normalized spacial score (nSPS) is 22.2. The van der Waals surface area contributed by atoms with E-state index >= 15 is 0 Å². The number of benzene rings is 2. The summed E-state index contributed by atoms with van der Waals surface area (Å²) in [7, 11) is 2.18. The third-order valence-corrected chi connectivity index (χ3v) is 7.33. The maximum Gasteiger partial charge on any atom is 0.232 e. The van der Waals surface area contributed by atoms with E-state index < -0.39 is 0 Å². The Kier molecular flexibility index (Phi) is 4.22. The van der Waals surface area contributed by atoms with Gasteiger partial charge in [-0.15, -0.1) is 0 Å². The molecule has 5 rings (SSSR count). The molecule has 1 atom stereocenters. The van der Waals surface area contributed by atoms with Gasteiger partial charge in [0.2, 0.25) is 5.91 Å². The highest BCUT2D eigenvalue weighted by Crippen LogP contribution is 2.45. The molecule has 1 unspecified atom stereocenters. The molecule has 0 saturated carbocycles. The van der Waals surface area contributed by atoms with Gasteiger partial charge in [0, 0.05) is 42.4 Å². The summed E-state index contributed by atoms with van der Waals surface area (Å²) in [4.78, 5) is 16.2. The predicted molar refractivity (Wildman–Crippen MR) is 119 cm³/mol. The molecular weight excluding hydrogens is 356 g/mol. The van der Waals surface area contributed by atoms with Crippen LogP contribution in [0.15, 0.2) is 42.5 Å². The van der Waals surface area contributed by atoms with Gasteiger partial charge in [0.25, 0.3) is 0 Å². The summed E-state index contributed by atoms with van der Waals surface area (Å²) in [5.41, 5.74) is 7.54. The van der Waals surface area contributed by atoms with Crippen LogP contribution in [-0.4, -0.2) is 29.0 Å². The Bertz CT molecular complexity index is 1110. The molecule has 0 amide bonds. The Morgan fingerprint density at radius 3 is 2.55 bits per heavy atom. The molecule has 150 valence electrons. The van der Waals surface area contributed by atoms with Gasteiger partial charge in [-0.25, -0.2) is 0 Å². The number of fused-ring (bicyclic) bond motifs is 3. The maximum atomic E-state index is 13.8. The summed E-state index contributed by atoms with van der Waals surface area (Å²) in [6.07, 6.45) is 2.43. The van der Waals surface area contributed by atoms with Crippen LogP contribution in [0.25, 0.3) is 10.9 Å². The number of carbonyl (C=O) groups is 1. The van der Waals surface area contributed by atoms with Gasteiger partial charge in [-0.3, -0.25) is 9.36 Å². The smallest absolute Gasteiger partial charge is 0.232 e. The van der Waals surface area contributed by atoms with Gasteiger partial charge in [0.1, 0.15) is 0 Å². The molecular formula is C26H30N2O. The highest BCUT2D eigenvalue weighted by molar-refractivity contribution is 5.99. The van der Waals surface area contributed by atoms with Gasteiger partial charge in [0.15, 0.2) is 0 Å². The van der Waals surface area contributed by atoms with E-state index in [2.05, 4.69) is 79.8 Å². The van der Waals surface area contributed by atoms with E-state index in [1.165, 1.54) is 38.9 Å². The highest BCUT2D eigenvalue weighted by Gasteiger charge is 2.42. The van der Waals surface area contributed by atoms with Gasteiger partial charge < -0.3 is 4.90 Å². The van der Waals surface area contributed by atoms with Crippen molar-refractivity contribution in [2.24, 2.45) is 5.92 Å². The second kappa shape index (κ2) is 6.56. The lowest BCUT2D eigenvalue weighted by Crippen LogP contribution is -2.37. The second-order valence-electron chi connectivity index (χ2n) is 9.49. The summed E-state index contributed by atoms with van der Waals surface area (Å²) >= 11 is 0. The minimum atomic E-state index is -0.170. The summed E-state index contributed by atoms with van der Waals surface area (Å²) in [5.74, 6) is 0.636. The van der Waals surface area contributed by atoms with Gasteiger partial charge in [-0.1, -0.05) is 55.8 Å². The molecule has 1 aromatic heterocycles. The van der Waals surface area contributed by atoms with Crippen molar-refractivity contribution in [3.05, 3.63) is 70.4 Å². The van der Waals surface area contributed by atoms with Crippen molar-refractivity contribution >= 4 is 16.8 Å². The van der Waals surface area contributed by atoms with Crippen LogP contribution >= 0.6 is 0 Å². The molecule has 3 aromatic rings. The van der Waals surface area contributed by atoms with E-state index in [0.29, 0.717) is 12.3 Å². The van der Waals surface area contributed by atoms with Crippen LogP contribution in [0.5, 0.6) is 0 Å². The lowest BCUT2D eigenvalue weighted by atomic mass is 9.66. The van der Waals surface area contributed by atoms with E-state index in [4.69, 9.17) is 0 Å². The number of aryl methyl sites for hydroxylation is 1. The largest absolute Gasteiger partial charge is 0.302 e. The molecule has 0 radical (unpaired) electrons. The Morgan fingerprint density at radius 2 is 1.83 bits per heavy atom. The molecule has 3 heterocycles. The summed E-state index contributed by atoms with van der Waals surface area (Å²) in [5, 5.41) is 1.29. The number of hydrogen-bond donors (Lipinski definition) is 0. The van der Waals surface area contributed by atoms with Crippen LogP contribution in [0, 0.1) is 12.8 Å². The molecule has 2 aliphatic heterocycles. The number of likely N-dealkylation sites (N-methyl/N-ethyl adjacent to an activating group) is 1. The van der Waals surface area contributed by atoms with Crippen molar-refractivity contribution in [2.45, 2.75) is 52.0 Å². The first kappa shape index (κ1) is 18.6. The minimum absolute atomic E-state index is 0.170. The zero-order valence-corrected chi connectivity index (χ0v) is 18.0. The fourth-order valence-corrected chi connectivity index (χ4v) is 5.74. The molecule has 0 aliphatic carbocycles.